The van der Waals surface area contributed by atoms with Gasteiger partial charge in [0.1, 0.15) is 0 Å². The third kappa shape index (κ3) is 4.21. The summed E-state index contributed by atoms with van der Waals surface area (Å²) in [5.74, 6) is 1.45. The van der Waals surface area contributed by atoms with Crippen LogP contribution in [0.3, 0.4) is 0 Å². The molecule has 10 nitrogen and oxygen atoms in total. The van der Waals surface area contributed by atoms with Crippen LogP contribution in [0.2, 0.25) is 0 Å². The number of nitrogens with zero attached hydrogens (tertiary/aromatic N) is 5. The zero-order valence-corrected chi connectivity index (χ0v) is 17.2. The molecule has 1 aromatic carbocycles. The van der Waals surface area contributed by atoms with E-state index in [9.17, 15) is 9.59 Å². The van der Waals surface area contributed by atoms with Crippen molar-refractivity contribution >= 4 is 11.9 Å². The first-order valence-corrected chi connectivity index (χ1v) is 10.5. The normalized spacial score (nSPS) is 19.0. The van der Waals surface area contributed by atoms with Gasteiger partial charge in [-0.1, -0.05) is 6.07 Å². The van der Waals surface area contributed by atoms with E-state index in [1.807, 2.05) is 18.2 Å². The number of fused-ring (bicyclic) bond motifs is 1. The summed E-state index contributed by atoms with van der Waals surface area (Å²) in [5.41, 5.74) is 1.58. The summed E-state index contributed by atoms with van der Waals surface area (Å²) >= 11 is 0. The average Bonchev–Trinajstić information content (AvgIpc) is 3.49. The van der Waals surface area contributed by atoms with Gasteiger partial charge in [0, 0.05) is 52.0 Å². The smallest absolute Gasteiger partial charge is 0.344 e. The van der Waals surface area contributed by atoms with Crippen LogP contribution >= 0.6 is 0 Å². The van der Waals surface area contributed by atoms with Gasteiger partial charge in [0.2, 0.25) is 6.79 Å². The summed E-state index contributed by atoms with van der Waals surface area (Å²) in [6, 6.07) is 5.78. The molecule has 10 heteroatoms. The van der Waals surface area contributed by atoms with Crippen LogP contribution in [0.4, 0.5) is 4.79 Å². The summed E-state index contributed by atoms with van der Waals surface area (Å²) in [6.45, 7) is 6.00. The number of carbonyl (C=O) groups is 2. The predicted octanol–water partition coefficient (Wildman–Crippen LogP) is 0.870. The number of morpholine rings is 1. The van der Waals surface area contributed by atoms with E-state index in [4.69, 9.17) is 14.2 Å². The molecule has 0 saturated carbocycles. The van der Waals surface area contributed by atoms with Crippen LogP contribution in [0, 0.1) is 0 Å². The highest BCUT2D eigenvalue weighted by Crippen LogP contribution is 2.32. The Bertz CT molecular complexity index is 963. The summed E-state index contributed by atoms with van der Waals surface area (Å²) < 4.78 is 17.4. The highest BCUT2D eigenvalue weighted by atomic mass is 16.7. The molecule has 2 amide bonds. The van der Waals surface area contributed by atoms with Crippen LogP contribution in [0.1, 0.15) is 15.9 Å². The largest absolute Gasteiger partial charge is 0.454 e. The van der Waals surface area contributed by atoms with Gasteiger partial charge in [-0.2, -0.15) is 9.78 Å². The third-order valence-electron chi connectivity index (χ3n) is 5.81. The molecule has 0 N–H and O–H groups in total. The Kier molecular flexibility index (Phi) is 5.47. The number of carbonyl (C=O) groups excluding carboxylic acids is 2. The second kappa shape index (κ2) is 8.56. The van der Waals surface area contributed by atoms with Crippen molar-refractivity contribution < 1.29 is 23.8 Å². The van der Waals surface area contributed by atoms with Crippen molar-refractivity contribution in [3.05, 3.63) is 41.7 Å². The van der Waals surface area contributed by atoms with Gasteiger partial charge in [0.25, 0.3) is 5.91 Å². The first kappa shape index (κ1) is 19.8. The number of amides is 2. The van der Waals surface area contributed by atoms with Crippen molar-refractivity contribution in [2.45, 2.75) is 6.54 Å². The van der Waals surface area contributed by atoms with E-state index in [0.717, 1.165) is 36.7 Å². The van der Waals surface area contributed by atoms with Gasteiger partial charge >= 0.3 is 6.03 Å². The van der Waals surface area contributed by atoms with Crippen molar-refractivity contribution in [1.29, 1.82) is 0 Å². The minimum Gasteiger partial charge on any atom is -0.454 e. The Morgan fingerprint density at radius 2 is 1.71 bits per heavy atom. The molecule has 1 aromatic heterocycles. The molecule has 0 radical (unpaired) electrons. The first-order valence-electron chi connectivity index (χ1n) is 10.5. The van der Waals surface area contributed by atoms with Gasteiger partial charge in [0.15, 0.2) is 11.5 Å². The number of hydrogen-bond donors (Lipinski definition) is 0. The maximum Gasteiger partial charge on any atom is 0.344 e. The van der Waals surface area contributed by atoms with Gasteiger partial charge in [-0.05, 0) is 17.7 Å². The molecule has 3 aliphatic rings. The lowest BCUT2D eigenvalue weighted by atomic mass is 10.1. The molecule has 3 aliphatic heterocycles. The lowest BCUT2D eigenvalue weighted by Crippen LogP contribution is -2.49. The second-order valence-corrected chi connectivity index (χ2v) is 7.81. The number of benzene rings is 1. The molecule has 31 heavy (non-hydrogen) atoms. The van der Waals surface area contributed by atoms with Crippen LogP contribution in [0.15, 0.2) is 30.6 Å². The number of hydrogen-bond acceptors (Lipinski definition) is 7. The quantitative estimate of drug-likeness (QED) is 0.718. The van der Waals surface area contributed by atoms with Gasteiger partial charge in [-0.25, -0.2) is 4.79 Å². The van der Waals surface area contributed by atoms with E-state index in [0.29, 0.717) is 45.0 Å². The number of aromatic nitrogens is 2. The highest BCUT2D eigenvalue weighted by Gasteiger charge is 2.25. The molecule has 2 aromatic rings. The molecule has 2 saturated heterocycles. The number of ether oxygens (including phenoxy) is 3. The molecule has 0 unspecified atom stereocenters. The van der Waals surface area contributed by atoms with Crippen molar-refractivity contribution in [2.75, 3.05) is 59.3 Å². The van der Waals surface area contributed by atoms with Gasteiger partial charge in [-0.3, -0.25) is 9.69 Å². The Labute approximate surface area is 179 Å². The van der Waals surface area contributed by atoms with Crippen molar-refractivity contribution in [1.82, 2.24) is 24.5 Å². The molecular weight excluding hydrogens is 402 g/mol. The maximum atomic E-state index is 12.8. The van der Waals surface area contributed by atoms with Crippen LogP contribution in [0.5, 0.6) is 11.5 Å². The zero-order chi connectivity index (χ0) is 21.2. The van der Waals surface area contributed by atoms with Crippen LogP contribution < -0.4 is 9.47 Å². The second-order valence-electron chi connectivity index (χ2n) is 7.81. The molecule has 5 rings (SSSR count). The van der Waals surface area contributed by atoms with E-state index in [2.05, 4.69) is 10.00 Å². The van der Waals surface area contributed by atoms with Gasteiger partial charge in [-0.15, -0.1) is 0 Å². The maximum absolute atomic E-state index is 12.8. The zero-order valence-electron chi connectivity index (χ0n) is 17.2. The Morgan fingerprint density at radius 1 is 0.935 bits per heavy atom. The third-order valence-corrected chi connectivity index (χ3v) is 5.81. The molecule has 2 fully saturated rings. The molecule has 0 atom stereocenters. The Morgan fingerprint density at radius 3 is 2.52 bits per heavy atom. The molecule has 164 valence electrons. The van der Waals surface area contributed by atoms with Crippen molar-refractivity contribution in [3.8, 4) is 11.5 Å². The monoisotopic (exact) mass is 427 g/mol. The Balaban J connectivity index is 1.15. The van der Waals surface area contributed by atoms with Gasteiger partial charge in [0.05, 0.1) is 25.0 Å². The molecule has 0 spiro atoms. The fourth-order valence-electron chi connectivity index (χ4n) is 4.03. The number of rotatable bonds is 3. The van der Waals surface area contributed by atoms with Crippen LogP contribution in [-0.4, -0.2) is 95.7 Å². The minimum absolute atomic E-state index is 0.115. The average molecular weight is 427 g/mol. The molecule has 0 aliphatic carbocycles. The SMILES string of the molecule is O=C(c1cnn(C(=O)N2CCN(Cc3ccc4c(c3)OCO4)CC2)c1)N1CCOCC1. The first-order chi connectivity index (χ1) is 15.2. The van der Waals surface area contributed by atoms with Crippen LogP contribution in [-0.2, 0) is 11.3 Å². The predicted molar refractivity (Wildman–Crippen MR) is 109 cm³/mol. The topological polar surface area (TPSA) is 89.4 Å². The van der Waals surface area contributed by atoms with Gasteiger partial charge < -0.3 is 24.0 Å². The lowest BCUT2D eigenvalue weighted by molar-refractivity contribution is 0.0303. The summed E-state index contributed by atoms with van der Waals surface area (Å²) in [4.78, 5) is 31.2. The minimum atomic E-state index is -0.205. The van der Waals surface area contributed by atoms with Crippen LogP contribution in [0.25, 0.3) is 0 Å². The number of piperazine rings is 1. The fraction of sp³-hybridized carbons (Fsp3) is 0.476. The molecule has 4 heterocycles. The fourth-order valence-corrected chi connectivity index (χ4v) is 4.03. The van der Waals surface area contributed by atoms with E-state index >= 15 is 0 Å². The summed E-state index contributed by atoms with van der Waals surface area (Å²) in [5, 5.41) is 4.13. The van der Waals surface area contributed by atoms with E-state index in [1.54, 1.807) is 9.80 Å². The summed E-state index contributed by atoms with van der Waals surface area (Å²) in [7, 11) is 0. The molecular formula is C21H25N5O5. The van der Waals surface area contributed by atoms with E-state index in [1.165, 1.54) is 17.1 Å². The van der Waals surface area contributed by atoms with Crippen molar-refractivity contribution in [2.24, 2.45) is 0 Å². The Hall–Kier alpha value is -3.11. The standard InChI is InChI=1S/C21H25N5O5/c27-20(24-7-9-29-10-8-24)17-12-22-26(14-17)21(28)25-5-3-23(4-6-25)13-16-1-2-18-19(11-16)31-15-30-18/h1-2,11-12,14H,3-10,13,15H2. The highest BCUT2D eigenvalue weighted by molar-refractivity contribution is 5.94. The van der Waals surface area contributed by atoms with Crippen molar-refractivity contribution in [3.63, 3.8) is 0 Å². The lowest BCUT2D eigenvalue weighted by Gasteiger charge is -2.34. The molecule has 0 bridgehead atoms. The summed E-state index contributed by atoms with van der Waals surface area (Å²) in [6.07, 6.45) is 2.99. The van der Waals surface area contributed by atoms with E-state index < -0.39 is 0 Å². The van der Waals surface area contributed by atoms with E-state index in [-0.39, 0.29) is 18.7 Å².